The van der Waals surface area contributed by atoms with Crippen molar-refractivity contribution >= 4 is 27.5 Å². The molecule has 0 saturated heterocycles. The first kappa shape index (κ1) is 17.3. The summed E-state index contributed by atoms with van der Waals surface area (Å²) < 4.78 is 6.95. The largest absolute Gasteiger partial charge is 0.487 e. The Morgan fingerprint density at radius 3 is 2.73 bits per heavy atom. The monoisotopic (exact) mass is 411 g/mol. The number of nitrogens with one attached hydrogen (secondary N) is 1. The van der Waals surface area contributed by atoms with Gasteiger partial charge in [0.2, 0.25) is 5.91 Å². The Labute approximate surface area is 162 Å². The normalized spacial score (nSPS) is 18.6. The number of rotatable bonds is 4. The molecular formula is C22H22BrNO2. The highest BCUT2D eigenvalue weighted by Gasteiger charge is 2.34. The van der Waals surface area contributed by atoms with E-state index in [9.17, 15) is 4.79 Å². The van der Waals surface area contributed by atoms with Gasteiger partial charge in [0.05, 0.1) is 12.1 Å². The molecule has 134 valence electrons. The van der Waals surface area contributed by atoms with E-state index in [1.54, 1.807) is 0 Å². The molecule has 1 amide bonds. The highest BCUT2D eigenvalue weighted by Crippen LogP contribution is 2.49. The smallest absolute Gasteiger partial charge is 0.228 e. The van der Waals surface area contributed by atoms with Gasteiger partial charge in [0.25, 0.3) is 0 Å². The summed E-state index contributed by atoms with van der Waals surface area (Å²) in [5.74, 6) is 1.85. The molecule has 1 fully saturated rings. The predicted octanol–water partition coefficient (Wildman–Crippen LogP) is 5.38. The van der Waals surface area contributed by atoms with E-state index in [1.807, 2.05) is 37.3 Å². The van der Waals surface area contributed by atoms with Crippen LogP contribution in [-0.2, 0) is 11.2 Å². The lowest BCUT2D eigenvalue weighted by Gasteiger charge is -2.19. The molecule has 0 bridgehead atoms. The summed E-state index contributed by atoms with van der Waals surface area (Å²) in [4.78, 5) is 12.6. The molecule has 1 heterocycles. The molecule has 2 aliphatic rings. The van der Waals surface area contributed by atoms with Gasteiger partial charge in [-0.1, -0.05) is 57.9 Å². The molecule has 4 heteroatoms. The molecule has 1 saturated carbocycles. The maximum Gasteiger partial charge on any atom is 0.228 e. The Balaban J connectivity index is 1.58. The second-order valence-electron chi connectivity index (χ2n) is 7.18. The van der Waals surface area contributed by atoms with Crippen molar-refractivity contribution in [1.82, 2.24) is 0 Å². The fourth-order valence-corrected chi connectivity index (χ4v) is 3.98. The van der Waals surface area contributed by atoms with Crippen LogP contribution in [0.1, 0.15) is 35.4 Å². The first-order valence-electron chi connectivity index (χ1n) is 9.08. The molecule has 2 aromatic rings. The van der Waals surface area contributed by atoms with E-state index in [0.717, 1.165) is 21.5 Å². The third kappa shape index (κ3) is 3.85. The number of benzene rings is 2. The third-order valence-corrected chi connectivity index (χ3v) is 5.46. The average Bonchev–Trinajstić information content (AvgIpc) is 3.43. The SMILES string of the molecule is Cc1ccc(CC(=O)Nc2cc(Br)cc3c2OCC=CC3C2CC2)cc1. The second-order valence-corrected chi connectivity index (χ2v) is 8.10. The molecule has 1 unspecified atom stereocenters. The van der Waals surface area contributed by atoms with E-state index in [0.29, 0.717) is 24.9 Å². The van der Waals surface area contributed by atoms with Crippen LogP contribution in [0.4, 0.5) is 5.69 Å². The summed E-state index contributed by atoms with van der Waals surface area (Å²) in [5, 5.41) is 3.06. The van der Waals surface area contributed by atoms with Crippen LogP contribution in [0.15, 0.2) is 53.0 Å². The molecule has 0 spiro atoms. The van der Waals surface area contributed by atoms with Crippen molar-refractivity contribution in [1.29, 1.82) is 0 Å². The highest BCUT2D eigenvalue weighted by molar-refractivity contribution is 9.10. The minimum atomic E-state index is -0.0297. The Morgan fingerprint density at radius 2 is 2.00 bits per heavy atom. The zero-order valence-electron chi connectivity index (χ0n) is 14.8. The number of amides is 1. The van der Waals surface area contributed by atoms with Crippen molar-refractivity contribution in [2.24, 2.45) is 5.92 Å². The van der Waals surface area contributed by atoms with Crippen LogP contribution in [0.25, 0.3) is 0 Å². The van der Waals surface area contributed by atoms with Gasteiger partial charge in [-0.2, -0.15) is 0 Å². The highest BCUT2D eigenvalue weighted by atomic mass is 79.9. The van der Waals surface area contributed by atoms with Crippen molar-refractivity contribution < 1.29 is 9.53 Å². The average molecular weight is 412 g/mol. The van der Waals surface area contributed by atoms with Gasteiger partial charge in [0.15, 0.2) is 0 Å². The van der Waals surface area contributed by atoms with Crippen LogP contribution in [0.5, 0.6) is 5.75 Å². The maximum atomic E-state index is 12.6. The number of aryl methyl sites for hydroxylation is 1. The maximum absolute atomic E-state index is 12.6. The van der Waals surface area contributed by atoms with Gasteiger partial charge in [-0.05, 0) is 43.4 Å². The van der Waals surface area contributed by atoms with E-state index in [-0.39, 0.29) is 5.91 Å². The minimum absolute atomic E-state index is 0.0297. The van der Waals surface area contributed by atoms with Gasteiger partial charge in [-0.3, -0.25) is 4.79 Å². The second kappa shape index (κ2) is 7.28. The number of hydrogen-bond acceptors (Lipinski definition) is 2. The van der Waals surface area contributed by atoms with Gasteiger partial charge < -0.3 is 10.1 Å². The quantitative estimate of drug-likeness (QED) is 0.685. The number of ether oxygens (including phenoxy) is 1. The first-order chi connectivity index (χ1) is 12.6. The lowest BCUT2D eigenvalue weighted by atomic mass is 9.92. The van der Waals surface area contributed by atoms with Crippen molar-refractivity contribution in [2.75, 3.05) is 11.9 Å². The first-order valence-corrected chi connectivity index (χ1v) is 9.88. The van der Waals surface area contributed by atoms with Gasteiger partial charge in [0, 0.05) is 16.0 Å². The number of hydrogen-bond donors (Lipinski definition) is 1. The Morgan fingerprint density at radius 1 is 1.23 bits per heavy atom. The van der Waals surface area contributed by atoms with Crippen molar-refractivity contribution in [2.45, 2.75) is 32.1 Å². The molecular weight excluding hydrogens is 390 g/mol. The van der Waals surface area contributed by atoms with E-state index < -0.39 is 0 Å². The molecule has 1 aliphatic heterocycles. The zero-order chi connectivity index (χ0) is 18.1. The lowest BCUT2D eigenvalue weighted by molar-refractivity contribution is -0.115. The van der Waals surface area contributed by atoms with Crippen LogP contribution in [-0.4, -0.2) is 12.5 Å². The molecule has 0 aromatic heterocycles. The summed E-state index contributed by atoms with van der Waals surface area (Å²) in [6.07, 6.45) is 7.22. The fraction of sp³-hybridized carbons (Fsp3) is 0.318. The van der Waals surface area contributed by atoms with E-state index in [2.05, 4.69) is 39.5 Å². The topological polar surface area (TPSA) is 38.3 Å². The van der Waals surface area contributed by atoms with Gasteiger partial charge in [-0.15, -0.1) is 0 Å². The number of allylic oxidation sites excluding steroid dienone is 1. The Hall–Kier alpha value is -2.07. The molecule has 3 nitrogen and oxygen atoms in total. The molecule has 4 rings (SSSR count). The van der Waals surface area contributed by atoms with Crippen LogP contribution in [0.2, 0.25) is 0 Å². The molecule has 0 radical (unpaired) electrons. The number of carbonyl (C=O) groups is 1. The van der Waals surface area contributed by atoms with Crippen molar-refractivity contribution in [3.8, 4) is 5.75 Å². The van der Waals surface area contributed by atoms with Crippen LogP contribution in [0.3, 0.4) is 0 Å². The van der Waals surface area contributed by atoms with Crippen LogP contribution >= 0.6 is 15.9 Å². The fourth-order valence-electron chi connectivity index (χ4n) is 3.51. The standard InChI is InChI=1S/C22H22BrNO2/c1-14-4-6-15(7-5-14)11-21(25)24-20-13-17(23)12-19-18(16-8-9-16)3-2-10-26-22(19)20/h2-7,12-13,16,18H,8-11H2,1H3,(H,24,25). The Bertz CT molecular complexity index is 853. The predicted molar refractivity (Wildman–Crippen MR) is 108 cm³/mol. The van der Waals surface area contributed by atoms with Crippen LogP contribution < -0.4 is 10.1 Å². The van der Waals surface area contributed by atoms with Crippen LogP contribution in [0, 0.1) is 12.8 Å². The van der Waals surface area contributed by atoms with Crippen molar-refractivity contribution in [3.05, 3.63) is 69.7 Å². The minimum Gasteiger partial charge on any atom is -0.487 e. The lowest BCUT2D eigenvalue weighted by Crippen LogP contribution is -2.16. The molecule has 26 heavy (non-hydrogen) atoms. The van der Waals surface area contributed by atoms with E-state index >= 15 is 0 Å². The number of anilines is 1. The van der Waals surface area contributed by atoms with E-state index in [4.69, 9.17) is 4.74 Å². The summed E-state index contributed by atoms with van der Waals surface area (Å²) >= 11 is 3.60. The molecule has 1 atom stereocenters. The Kier molecular flexibility index (Phi) is 4.86. The van der Waals surface area contributed by atoms with Gasteiger partial charge in [-0.25, -0.2) is 0 Å². The summed E-state index contributed by atoms with van der Waals surface area (Å²) in [7, 11) is 0. The van der Waals surface area contributed by atoms with Crippen molar-refractivity contribution in [3.63, 3.8) is 0 Å². The van der Waals surface area contributed by atoms with Gasteiger partial charge in [0.1, 0.15) is 12.4 Å². The summed E-state index contributed by atoms with van der Waals surface area (Å²) in [5.41, 5.74) is 4.12. The molecule has 2 aromatic carbocycles. The number of carbonyl (C=O) groups excluding carboxylic acids is 1. The molecule has 1 aliphatic carbocycles. The van der Waals surface area contributed by atoms with E-state index in [1.165, 1.54) is 24.0 Å². The molecule has 1 N–H and O–H groups in total. The third-order valence-electron chi connectivity index (χ3n) is 5.00. The summed E-state index contributed by atoms with van der Waals surface area (Å²) in [6, 6.07) is 12.1. The van der Waals surface area contributed by atoms with Gasteiger partial charge >= 0.3 is 0 Å². The summed E-state index contributed by atoms with van der Waals surface area (Å²) in [6.45, 7) is 2.58. The number of halogens is 1. The number of fused-ring (bicyclic) bond motifs is 1. The zero-order valence-corrected chi connectivity index (χ0v) is 16.4.